The number of carbonyl (C=O) groups excluding carboxylic acids is 1. The molecule has 1 fully saturated rings. The van der Waals surface area contributed by atoms with E-state index < -0.39 is 0 Å². The number of nitrogens with zero attached hydrogens (tertiary/aromatic N) is 3. The van der Waals surface area contributed by atoms with Gasteiger partial charge in [0.2, 0.25) is 0 Å². The lowest BCUT2D eigenvalue weighted by atomic mass is 9.93. The van der Waals surface area contributed by atoms with E-state index in [0.717, 1.165) is 29.5 Å². The van der Waals surface area contributed by atoms with Gasteiger partial charge in [0.15, 0.2) is 5.17 Å². The van der Waals surface area contributed by atoms with Gasteiger partial charge in [0.1, 0.15) is 0 Å². The van der Waals surface area contributed by atoms with Gasteiger partial charge in [-0.05, 0) is 56.2 Å². The molecule has 0 saturated carbocycles. The molecule has 1 aromatic carbocycles. The normalized spacial score (nSPS) is 21.6. The van der Waals surface area contributed by atoms with Gasteiger partial charge in [0.05, 0.1) is 23.9 Å². The van der Waals surface area contributed by atoms with Crippen LogP contribution >= 0.6 is 11.8 Å². The molecule has 1 aromatic rings. The first-order valence-corrected chi connectivity index (χ1v) is 10.4. The summed E-state index contributed by atoms with van der Waals surface area (Å²) >= 11 is 1.58. The minimum atomic E-state index is -0.283. The molecule has 0 N–H and O–H groups in total. The molecule has 0 aromatic heterocycles. The number of ether oxygens (including phenoxy) is 1. The van der Waals surface area contributed by atoms with E-state index in [-0.39, 0.29) is 12.0 Å². The number of carbonyl (C=O) groups is 1. The summed E-state index contributed by atoms with van der Waals surface area (Å²) in [5.41, 5.74) is 5.00. The van der Waals surface area contributed by atoms with Gasteiger partial charge < -0.3 is 14.5 Å². The number of hydrogen-bond donors (Lipinski definition) is 0. The molecule has 0 radical (unpaired) electrons. The van der Waals surface area contributed by atoms with Crippen LogP contribution in [0.1, 0.15) is 43.9 Å². The lowest BCUT2D eigenvalue weighted by Gasteiger charge is -2.34. The van der Waals surface area contributed by atoms with Crippen molar-refractivity contribution in [3.63, 3.8) is 0 Å². The standard InChI is InChI=1S/C21H25N3O2S/c1-4-26-20(25)18-15(3)22-21-24(11-12-27-21)19(18)16-7-8-17(14(2)13-16)23-9-5-6-10-23/h7-8,11-13,19H,4-6,9-10H2,1-3H3/t19-/m0/s1. The van der Waals surface area contributed by atoms with Gasteiger partial charge in [-0.1, -0.05) is 23.9 Å². The van der Waals surface area contributed by atoms with E-state index in [1.54, 1.807) is 11.8 Å². The number of rotatable bonds is 4. The first-order chi connectivity index (χ1) is 13.1. The zero-order valence-electron chi connectivity index (χ0n) is 16.1. The van der Waals surface area contributed by atoms with E-state index in [2.05, 4.69) is 39.9 Å². The SMILES string of the molecule is CCOC(=O)C1=C(C)N=C2SC=CN2[C@H]1c1ccc(N2CCCC2)c(C)c1. The van der Waals surface area contributed by atoms with Crippen LogP contribution in [0.4, 0.5) is 5.69 Å². The highest BCUT2D eigenvalue weighted by molar-refractivity contribution is 8.16. The fourth-order valence-corrected chi connectivity index (χ4v) is 4.85. The third-order valence-electron chi connectivity index (χ3n) is 5.30. The zero-order valence-corrected chi connectivity index (χ0v) is 16.9. The number of fused-ring (bicyclic) bond motifs is 1. The Labute approximate surface area is 164 Å². The van der Waals surface area contributed by atoms with Crippen LogP contribution in [0.15, 0.2) is 46.1 Å². The lowest BCUT2D eigenvalue weighted by Crippen LogP contribution is -2.34. The summed E-state index contributed by atoms with van der Waals surface area (Å²) < 4.78 is 5.36. The number of aryl methyl sites for hydroxylation is 1. The van der Waals surface area contributed by atoms with E-state index in [4.69, 9.17) is 4.74 Å². The molecular weight excluding hydrogens is 358 g/mol. The summed E-state index contributed by atoms with van der Waals surface area (Å²) in [6, 6.07) is 6.36. The minimum Gasteiger partial charge on any atom is -0.463 e. The first kappa shape index (κ1) is 18.2. The Kier molecular flexibility index (Phi) is 5.00. The Morgan fingerprint density at radius 2 is 2.07 bits per heavy atom. The third kappa shape index (κ3) is 3.27. The van der Waals surface area contributed by atoms with E-state index in [9.17, 15) is 4.79 Å². The molecule has 5 nitrogen and oxygen atoms in total. The maximum Gasteiger partial charge on any atom is 0.338 e. The van der Waals surface area contributed by atoms with Crippen molar-refractivity contribution >= 4 is 28.6 Å². The van der Waals surface area contributed by atoms with Crippen LogP contribution in [0.25, 0.3) is 0 Å². The molecule has 3 heterocycles. The van der Waals surface area contributed by atoms with Crippen molar-refractivity contribution in [2.24, 2.45) is 4.99 Å². The molecule has 0 unspecified atom stereocenters. The number of thioether (sulfide) groups is 1. The topological polar surface area (TPSA) is 45.1 Å². The molecule has 4 rings (SSSR count). The fourth-order valence-electron chi connectivity index (χ4n) is 4.06. The van der Waals surface area contributed by atoms with Crippen molar-refractivity contribution in [1.29, 1.82) is 0 Å². The summed E-state index contributed by atoms with van der Waals surface area (Å²) in [5.74, 6) is -0.283. The lowest BCUT2D eigenvalue weighted by molar-refractivity contribution is -0.139. The van der Waals surface area contributed by atoms with E-state index in [1.807, 2.05) is 25.5 Å². The molecule has 0 amide bonds. The van der Waals surface area contributed by atoms with Gasteiger partial charge in [0.25, 0.3) is 0 Å². The second kappa shape index (κ2) is 7.43. The molecule has 3 aliphatic heterocycles. The number of hydrogen-bond acceptors (Lipinski definition) is 6. The largest absolute Gasteiger partial charge is 0.463 e. The molecule has 0 spiro atoms. The van der Waals surface area contributed by atoms with Crippen molar-refractivity contribution < 1.29 is 9.53 Å². The van der Waals surface area contributed by atoms with E-state index in [1.165, 1.54) is 24.1 Å². The van der Waals surface area contributed by atoms with Crippen molar-refractivity contribution in [3.05, 3.63) is 52.2 Å². The highest BCUT2D eigenvalue weighted by Gasteiger charge is 2.37. The molecule has 0 bridgehead atoms. The smallest absolute Gasteiger partial charge is 0.338 e. The van der Waals surface area contributed by atoms with Gasteiger partial charge in [0, 0.05) is 25.0 Å². The van der Waals surface area contributed by atoms with Crippen LogP contribution < -0.4 is 4.90 Å². The summed E-state index contributed by atoms with van der Waals surface area (Å²) in [4.78, 5) is 21.9. The number of benzene rings is 1. The van der Waals surface area contributed by atoms with Crippen LogP contribution in [0, 0.1) is 6.92 Å². The quantitative estimate of drug-likeness (QED) is 0.723. The molecule has 27 heavy (non-hydrogen) atoms. The van der Waals surface area contributed by atoms with Crippen molar-refractivity contribution in [3.8, 4) is 0 Å². The number of allylic oxidation sites excluding steroid dienone is 1. The third-order valence-corrected chi connectivity index (χ3v) is 6.07. The summed E-state index contributed by atoms with van der Waals surface area (Å²) in [7, 11) is 0. The van der Waals surface area contributed by atoms with Crippen LogP contribution in [0.3, 0.4) is 0 Å². The Hall–Kier alpha value is -2.21. The predicted molar refractivity (Wildman–Crippen MR) is 111 cm³/mol. The summed E-state index contributed by atoms with van der Waals surface area (Å²) in [6.45, 7) is 8.49. The van der Waals surface area contributed by atoms with Gasteiger partial charge in [-0.25, -0.2) is 9.79 Å². The van der Waals surface area contributed by atoms with Crippen LogP contribution in [0.5, 0.6) is 0 Å². The molecular formula is C21H25N3O2S. The number of esters is 1. The number of aliphatic imine (C=N–C) groups is 1. The monoisotopic (exact) mass is 383 g/mol. The van der Waals surface area contributed by atoms with Gasteiger partial charge in [-0.2, -0.15) is 0 Å². The van der Waals surface area contributed by atoms with Crippen LogP contribution in [0.2, 0.25) is 0 Å². The maximum absolute atomic E-state index is 12.7. The van der Waals surface area contributed by atoms with Gasteiger partial charge in [-0.3, -0.25) is 0 Å². The highest BCUT2D eigenvalue weighted by Crippen LogP contribution is 2.42. The Morgan fingerprint density at radius 3 is 2.78 bits per heavy atom. The average molecular weight is 384 g/mol. The molecule has 1 atom stereocenters. The molecule has 142 valence electrons. The second-order valence-electron chi connectivity index (χ2n) is 7.07. The Bertz CT molecular complexity index is 853. The van der Waals surface area contributed by atoms with Crippen molar-refractivity contribution in [1.82, 2.24) is 4.90 Å². The van der Waals surface area contributed by atoms with Gasteiger partial charge in [-0.15, -0.1) is 0 Å². The fraction of sp³-hybridized carbons (Fsp3) is 0.429. The maximum atomic E-state index is 12.7. The van der Waals surface area contributed by atoms with Crippen molar-refractivity contribution in [2.45, 2.75) is 39.7 Å². The average Bonchev–Trinajstić information content (AvgIpc) is 3.32. The number of anilines is 1. The van der Waals surface area contributed by atoms with Crippen LogP contribution in [-0.4, -0.2) is 35.7 Å². The van der Waals surface area contributed by atoms with Crippen LogP contribution in [-0.2, 0) is 9.53 Å². The number of amidine groups is 1. The summed E-state index contributed by atoms with van der Waals surface area (Å²) in [6.07, 6.45) is 4.52. The van der Waals surface area contributed by atoms with Gasteiger partial charge >= 0.3 is 5.97 Å². The minimum absolute atomic E-state index is 0.200. The van der Waals surface area contributed by atoms with E-state index in [0.29, 0.717) is 12.2 Å². The predicted octanol–water partition coefficient (Wildman–Crippen LogP) is 4.36. The zero-order chi connectivity index (χ0) is 19.0. The summed E-state index contributed by atoms with van der Waals surface area (Å²) in [5, 5.41) is 2.92. The molecule has 3 aliphatic rings. The highest BCUT2D eigenvalue weighted by atomic mass is 32.2. The van der Waals surface area contributed by atoms with E-state index >= 15 is 0 Å². The van der Waals surface area contributed by atoms with Crippen molar-refractivity contribution in [2.75, 3.05) is 24.6 Å². The Balaban J connectivity index is 1.75. The molecule has 0 aliphatic carbocycles. The second-order valence-corrected chi connectivity index (χ2v) is 7.94. The Morgan fingerprint density at radius 1 is 1.30 bits per heavy atom. The first-order valence-electron chi connectivity index (χ1n) is 9.54. The molecule has 6 heteroatoms. The molecule has 1 saturated heterocycles.